The van der Waals surface area contributed by atoms with Crippen molar-refractivity contribution in [2.45, 2.75) is 18.9 Å². The fraction of sp³-hybridized carbons (Fsp3) is 0.188. The van der Waals surface area contributed by atoms with Gasteiger partial charge in [-0.05, 0) is 35.7 Å². The van der Waals surface area contributed by atoms with E-state index in [0.717, 1.165) is 24.0 Å². The molecule has 1 aliphatic carbocycles. The van der Waals surface area contributed by atoms with E-state index in [1.54, 1.807) is 18.2 Å². The van der Waals surface area contributed by atoms with Crippen LogP contribution < -0.4 is 0 Å². The number of hydrogen-bond acceptors (Lipinski definition) is 3. The van der Waals surface area contributed by atoms with Gasteiger partial charge in [-0.2, -0.15) is 0 Å². The summed E-state index contributed by atoms with van der Waals surface area (Å²) in [7, 11) is 0. The highest BCUT2D eigenvalue weighted by molar-refractivity contribution is 5.92. The van der Waals surface area contributed by atoms with Gasteiger partial charge in [0.05, 0.1) is 17.6 Å². The maximum Gasteiger partial charge on any atom is 0.335 e. The molecule has 5 nitrogen and oxygen atoms in total. The summed E-state index contributed by atoms with van der Waals surface area (Å²) in [6.45, 7) is 0.733. The quantitative estimate of drug-likeness (QED) is 0.799. The first-order valence-electron chi connectivity index (χ1n) is 6.87. The summed E-state index contributed by atoms with van der Waals surface area (Å²) in [5.41, 5.74) is 4.51. The first kappa shape index (κ1) is 12.1. The van der Waals surface area contributed by atoms with Gasteiger partial charge < -0.3 is 5.11 Å². The number of carboxylic acid groups (broad SMARTS) is 1. The van der Waals surface area contributed by atoms with Crippen LogP contribution in [0.4, 0.5) is 0 Å². The van der Waals surface area contributed by atoms with Crippen LogP contribution in [-0.4, -0.2) is 26.1 Å². The third kappa shape index (κ3) is 1.89. The average molecular weight is 279 g/mol. The molecule has 1 N–H and O–H groups in total. The molecule has 0 amide bonds. The molecule has 21 heavy (non-hydrogen) atoms. The SMILES string of the molecule is O=C(O)c1ccc2nnn(CC3Cc4ccccc43)c2c1. The zero-order valence-corrected chi connectivity index (χ0v) is 11.2. The Bertz CT molecular complexity index is 854. The summed E-state index contributed by atoms with van der Waals surface area (Å²) in [5, 5.41) is 17.4. The monoisotopic (exact) mass is 279 g/mol. The second-order valence-electron chi connectivity index (χ2n) is 5.38. The van der Waals surface area contributed by atoms with Gasteiger partial charge in [-0.25, -0.2) is 9.48 Å². The first-order valence-corrected chi connectivity index (χ1v) is 6.87. The molecule has 5 heteroatoms. The summed E-state index contributed by atoms with van der Waals surface area (Å²) in [5.74, 6) is -0.502. The van der Waals surface area contributed by atoms with E-state index in [1.165, 1.54) is 11.1 Å². The van der Waals surface area contributed by atoms with Crippen LogP contribution in [0.3, 0.4) is 0 Å². The maximum atomic E-state index is 11.1. The van der Waals surface area contributed by atoms with Crippen molar-refractivity contribution < 1.29 is 9.90 Å². The molecule has 2 aromatic carbocycles. The van der Waals surface area contributed by atoms with Gasteiger partial charge in [0.1, 0.15) is 5.52 Å². The van der Waals surface area contributed by atoms with Gasteiger partial charge in [-0.3, -0.25) is 0 Å². The molecule has 0 radical (unpaired) electrons. The normalized spacial score (nSPS) is 16.5. The number of aromatic nitrogens is 3. The molecular formula is C16H13N3O2. The molecule has 0 spiro atoms. The highest BCUT2D eigenvalue weighted by atomic mass is 16.4. The van der Waals surface area contributed by atoms with Crippen molar-refractivity contribution in [1.82, 2.24) is 15.0 Å². The Hall–Kier alpha value is -2.69. The Balaban J connectivity index is 1.68. The van der Waals surface area contributed by atoms with Crippen molar-refractivity contribution >= 4 is 17.0 Å². The standard InChI is InChI=1S/C16H13N3O2/c20-16(21)11-5-6-14-15(8-11)19(18-17-14)9-12-7-10-3-1-2-4-13(10)12/h1-6,8,12H,7,9H2,(H,20,21). The molecule has 1 aliphatic rings. The molecule has 4 rings (SSSR count). The number of benzene rings is 2. The topological polar surface area (TPSA) is 68.0 Å². The highest BCUT2D eigenvalue weighted by Crippen LogP contribution is 2.36. The second kappa shape index (κ2) is 4.41. The van der Waals surface area contributed by atoms with Crippen LogP contribution in [0, 0.1) is 0 Å². The van der Waals surface area contributed by atoms with Crippen LogP contribution in [0.2, 0.25) is 0 Å². The molecule has 0 fully saturated rings. The predicted octanol–water partition coefficient (Wildman–Crippen LogP) is 2.47. The summed E-state index contributed by atoms with van der Waals surface area (Å²) in [6, 6.07) is 13.3. The molecule has 0 saturated carbocycles. The minimum absolute atomic E-state index is 0.264. The van der Waals surface area contributed by atoms with E-state index in [0.29, 0.717) is 5.92 Å². The molecule has 1 atom stereocenters. The van der Waals surface area contributed by atoms with Gasteiger partial charge in [-0.15, -0.1) is 5.10 Å². The van der Waals surface area contributed by atoms with E-state index >= 15 is 0 Å². The number of rotatable bonds is 3. The van der Waals surface area contributed by atoms with Crippen LogP contribution in [-0.2, 0) is 13.0 Å². The third-order valence-corrected chi connectivity index (χ3v) is 4.12. The Labute approximate surface area is 120 Å². The van der Waals surface area contributed by atoms with Crippen molar-refractivity contribution in [3.05, 3.63) is 59.2 Å². The lowest BCUT2D eigenvalue weighted by Crippen LogP contribution is -2.22. The molecule has 0 aliphatic heterocycles. The van der Waals surface area contributed by atoms with Gasteiger partial charge in [0, 0.05) is 5.92 Å². The maximum absolute atomic E-state index is 11.1. The molecule has 1 heterocycles. The van der Waals surface area contributed by atoms with Crippen LogP contribution >= 0.6 is 0 Å². The summed E-state index contributed by atoms with van der Waals surface area (Å²) >= 11 is 0. The average Bonchev–Trinajstić information content (AvgIpc) is 2.87. The van der Waals surface area contributed by atoms with Crippen molar-refractivity contribution in [2.75, 3.05) is 0 Å². The molecule has 1 unspecified atom stereocenters. The lowest BCUT2D eigenvalue weighted by molar-refractivity contribution is 0.0697. The summed E-state index contributed by atoms with van der Waals surface area (Å²) in [4.78, 5) is 11.1. The number of hydrogen-bond donors (Lipinski definition) is 1. The lowest BCUT2D eigenvalue weighted by Gasteiger charge is -2.29. The van der Waals surface area contributed by atoms with E-state index in [4.69, 9.17) is 5.11 Å². The molecule has 0 bridgehead atoms. The van der Waals surface area contributed by atoms with Crippen LogP contribution in [0.5, 0.6) is 0 Å². The number of fused-ring (bicyclic) bond motifs is 2. The van der Waals surface area contributed by atoms with Crippen molar-refractivity contribution in [3.63, 3.8) is 0 Å². The molecule has 104 valence electrons. The highest BCUT2D eigenvalue weighted by Gasteiger charge is 2.26. The Morgan fingerprint density at radius 2 is 2.14 bits per heavy atom. The van der Waals surface area contributed by atoms with E-state index in [1.807, 2.05) is 10.7 Å². The van der Waals surface area contributed by atoms with Crippen molar-refractivity contribution in [2.24, 2.45) is 0 Å². The zero-order valence-electron chi connectivity index (χ0n) is 11.2. The summed E-state index contributed by atoms with van der Waals surface area (Å²) in [6.07, 6.45) is 1.04. The van der Waals surface area contributed by atoms with Gasteiger partial charge in [0.25, 0.3) is 0 Å². The van der Waals surface area contributed by atoms with Crippen molar-refractivity contribution in [3.8, 4) is 0 Å². The third-order valence-electron chi connectivity index (χ3n) is 4.12. The molecular weight excluding hydrogens is 266 g/mol. The van der Waals surface area contributed by atoms with E-state index in [9.17, 15) is 4.79 Å². The zero-order chi connectivity index (χ0) is 14.4. The minimum Gasteiger partial charge on any atom is -0.478 e. The second-order valence-corrected chi connectivity index (χ2v) is 5.38. The predicted molar refractivity (Wildman–Crippen MR) is 77.4 cm³/mol. The minimum atomic E-state index is -0.932. The van der Waals surface area contributed by atoms with Gasteiger partial charge in [-0.1, -0.05) is 29.5 Å². The molecule has 3 aromatic rings. The van der Waals surface area contributed by atoms with Crippen LogP contribution in [0.25, 0.3) is 11.0 Å². The number of carbonyl (C=O) groups is 1. The van der Waals surface area contributed by atoms with Gasteiger partial charge in [0.15, 0.2) is 0 Å². The fourth-order valence-corrected chi connectivity index (χ4v) is 2.97. The van der Waals surface area contributed by atoms with Crippen molar-refractivity contribution in [1.29, 1.82) is 0 Å². The van der Waals surface area contributed by atoms with E-state index in [2.05, 4.69) is 28.5 Å². The van der Waals surface area contributed by atoms with Gasteiger partial charge in [0.2, 0.25) is 0 Å². The van der Waals surface area contributed by atoms with E-state index < -0.39 is 5.97 Å². The Morgan fingerprint density at radius 1 is 1.29 bits per heavy atom. The molecule has 0 saturated heterocycles. The summed E-state index contributed by atoms with van der Waals surface area (Å²) < 4.78 is 1.81. The lowest BCUT2D eigenvalue weighted by atomic mass is 9.77. The Morgan fingerprint density at radius 3 is 2.95 bits per heavy atom. The van der Waals surface area contributed by atoms with Gasteiger partial charge >= 0.3 is 5.97 Å². The fourth-order valence-electron chi connectivity index (χ4n) is 2.97. The van der Waals surface area contributed by atoms with Crippen LogP contribution in [0.1, 0.15) is 27.4 Å². The number of nitrogens with zero attached hydrogens (tertiary/aromatic N) is 3. The number of carboxylic acids is 1. The largest absolute Gasteiger partial charge is 0.478 e. The van der Waals surface area contributed by atoms with E-state index in [-0.39, 0.29) is 5.56 Å². The Kier molecular flexibility index (Phi) is 2.54. The smallest absolute Gasteiger partial charge is 0.335 e. The first-order chi connectivity index (χ1) is 10.2. The molecule has 1 aromatic heterocycles. The number of aromatic carboxylic acids is 1. The van der Waals surface area contributed by atoms with Crippen LogP contribution in [0.15, 0.2) is 42.5 Å².